The van der Waals surface area contributed by atoms with Crippen LogP contribution in [-0.4, -0.2) is 65.2 Å². The molecule has 0 unspecified atom stereocenters. The van der Waals surface area contributed by atoms with E-state index < -0.39 is 10.2 Å². The Balaban J connectivity index is 0. The van der Waals surface area contributed by atoms with Gasteiger partial charge in [0.15, 0.2) is 0 Å². The van der Waals surface area contributed by atoms with Gasteiger partial charge in [0.1, 0.15) is 11.5 Å². The van der Waals surface area contributed by atoms with Crippen LogP contribution in [0.3, 0.4) is 0 Å². The maximum Gasteiger partial charge on any atom is 3.00 e. The largest absolute Gasteiger partial charge is 3.00 e. The summed E-state index contributed by atoms with van der Waals surface area (Å²) >= 11 is 0. The van der Waals surface area contributed by atoms with E-state index >= 15 is 0 Å². The number of pyridine rings is 1. The van der Waals surface area contributed by atoms with Gasteiger partial charge in [-0.3, -0.25) is 15.0 Å². The average molecular weight is 1220 g/mol. The maximum atomic E-state index is 12.1. The molecule has 21 heteroatoms. The van der Waals surface area contributed by atoms with Crippen LogP contribution in [0.4, 0.5) is 0 Å². The third-order valence-electron chi connectivity index (χ3n) is 7.95. The second kappa shape index (κ2) is 38.0. The topological polar surface area (TPSA) is 321 Å². The van der Waals surface area contributed by atoms with Gasteiger partial charge < -0.3 is 70.8 Å². The summed E-state index contributed by atoms with van der Waals surface area (Å²) in [4.78, 5) is 28.8. The molecule has 19 nitrogen and oxygen atoms in total. The van der Waals surface area contributed by atoms with Crippen molar-refractivity contribution >= 4 is 34.0 Å². The minimum absolute atomic E-state index is 0. The standard InChI is InChI=1S/2C19H17NO3.C5H5N.2C2H6O.2NO3.2Tb/c2*1-23-18-8-4-6-14(19(18)22)11-20-12-16-15-7-3-2-5-13(15)9-10-17(16)21;1-2-4-6-5-3-1;2*1-2-3;2*2-1(3)4;;/h2*2-10,12,21-22H,11H2,1H3;1-5H;2*3H,2H2,1H3;;;;/q;;;;;2*-1;2*+3/p-4. The number of fused-ring (bicyclic) bond motifs is 2. The molecule has 0 bridgehead atoms. The van der Waals surface area contributed by atoms with Crippen LogP contribution in [0.25, 0.3) is 21.5 Å². The molecule has 0 spiro atoms. The van der Waals surface area contributed by atoms with Crippen molar-refractivity contribution in [3.8, 4) is 34.5 Å². The van der Waals surface area contributed by atoms with E-state index in [0.29, 0.717) is 33.8 Å². The monoisotopic (exact) mass is 1220 g/mol. The molecule has 0 saturated carbocycles. The summed E-state index contributed by atoms with van der Waals surface area (Å²) in [7, 11) is 2.92. The Hall–Kier alpha value is -5.98. The van der Waals surface area contributed by atoms with Gasteiger partial charge in [-0.25, -0.2) is 0 Å². The Morgan fingerprint density at radius 2 is 0.868 bits per heavy atom. The van der Waals surface area contributed by atoms with Gasteiger partial charge >= 0.3 is 77.2 Å². The molecule has 0 atom stereocenters. The number of nitrogens with zero attached hydrogens (tertiary/aromatic N) is 5. The van der Waals surface area contributed by atoms with Crippen molar-refractivity contribution in [3.63, 3.8) is 0 Å². The zero-order valence-electron chi connectivity index (χ0n) is 37.0. The number of aliphatic imine (C=N–C) groups is 2. The summed E-state index contributed by atoms with van der Waals surface area (Å²) in [5.74, 6) is 0.0838. The van der Waals surface area contributed by atoms with Gasteiger partial charge in [0.05, 0.1) is 37.5 Å². The molecule has 7 aromatic rings. The summed E-state index contributed by atoms with van der Waals surface area (Å²) in [6.45, 7) is 4.28. The van der Waals surface area contributed by atoms with Gasteiger partial charge in [-0.05, 0) is 81.9 Å². The smallest absolute Gasteiger partial charge is 0.872 e. The predicted octanol–water partition coefficient (Wildman–Crippen LogP) is 5.83. The summed E-state index contributed by atoms with van der Waals surface area (Å²) in [5, 5.41) is 96.6. The fraction of sp³-hybridized carbons (Fsp3) is 0.170. The van der Waals surface area contributed by atoms with Crippen LogP contribution in [0, 0.1) is 108 Å². The molecule has 0 fully saturated rings. The van der Waals surface area contributed by atoms with E-state index in [2.05, 4.69) is 15.0 Å². The van der Waals surface area contributed by atoms with E-state index in [1.165, 1.54) is 26.4 Å². The number of hydrogen-bond donors (Lipinski definition) is 2. The Kier molecular flexibility index (Phi) is 35.9. The van der Waals surface area contributed by atoms with Crippen LogP contribution in [0.2, 0.25) is 0 Å². The second-order valence-electron chi connectivity index (χ2n) is 12.3. The summed E-state index contributed by atoms with van der Waals surface area (Å²) in [6.07, 6.45) is 6.59. The minimum Gasteiger partial charge on any atom is -0.872 e. The molecule has 68 heavy (non-hydrogen) atoms. The predicted molar refractivity (Wildman–Crippen MR) is 245 cm³/mol. The molecule has 0 radical (unpaired) electrons. The molecule has 0 aliphatic rings. The molecule has 6 aromatic carbocycles. The van der Waals surface area contributed by atoms with Gasteiger partial charge in [0.25, 0.3) is 0 Å². The number of aromatic nitrogens is 1. The van der Waals surface area contributed by atoms with E-state index in [9.17, 15) is 20.4 Å². The van der Waals surface area contributed by atoms with Gasteiger partial charge in [-0.15, -0.1) is 0 Å². The van der Waals surface area contributed by atoms with Crippen LogP contribution in [-0.2, 0) is 13.1 Å². The van der Waals surface area contributed by atoms with Gasteiger partial charge in [0.2, 0.25) is 0 Å². The Morgan fingerprint density at radius 1 is 0.529 bits per heavy atom. The molecule has 362 valence electrons. The van der Waals surface area contributed by atoms with E-state index in [1.807, 2.05) is 66.7 Å². The first kappa shape index (κ1) is 64.1. The fourth-order valence-electron chi connectivity index (χ4n) is 5.29. The van der Waals surface area contributed by atoms with Crippen LogP contribution in [0.15, 0.2) is 150 Å². The van der Waals surface area contributed by atoms with Crippen LogP contribution >= 0.6 is 0 Å². The number of benzene rings is 6. The molecule has 0 saturated heterocycles. The quantitative estimate of drug-likeness (QED) is 0.103. The van der Waals surface area contributed by atoms with Gasteiger partial charge in [-0.2, -0.15) is 0 Å². The first-order chi connectivity index (χ1) is 31.7. The molecular formula is C47H47N5O14Tb2. The van der Waals surface area contributed by atoms with Crippen LogP contribution in [0.5, 0.6) is 34.5 Å². The number of aliphatic hydroxyl groups excluding tert-OH is 2. The molecule has 2 N–H and O–H groups in total. The maximum absolute atomic E-state index is 12.1. The minimum atomic E-state index is -1.75. The first-order valence-electron chi connectivity index (χ1n) is 19.4. The van der Waals surface area contributed by atoms with E-state index in [0.717, 1.165) is 21.5 Å². The molecule has 1 heterocycles. The number of methoxy groups -OCH3 is 2. The molecular weight excluding hydrogens is 1180 g/mol. The molecule has 1 aromatic heterocycles. The van der Waals surface area contributed by atoms with Crippen molar-refractivity contribution in [1.82, 2.24) is 4.98 Å². The average Bonchev–Trinajstić information content (AvgIpc) is 3.30. The van der Waals surface area contributed by atoms with Gasteiger partial charge in [-0.1, -0.05) is 126 Å². The Labute approximate surface area is 453 Å². The summed E-state index contributed by atoms with van der Waals surface area (Å²) in [6, 6.07) is 37.9. The first-order valence-corrected chi connectivity index (χ1v) is 19.4. The number of rotatable bonds is 8. The van der Waals surface area contributed by atoms with Gasteiger partial charge in [0, 0.05) is 38.0 Å². The van der Waals surface area contributed by atoms with Crippen molar-refractivity contribution in [2.24, 2.45) is 9.98 Å². The Bertz CT molecular complexity index is 2380. The summed E-state index contributed by atoms with van der Waals surface area (Å²) < 4.78 is 10.0. The normalized spacial score (nSPS) is 9.50. The molecule has 7 rings (SSSR count). The van der Waals surface area contributed by atoms with Crippen molar-refractivity contribution in [1.29, 1.82) is 0 Å². The number of aliphatic hydroxyl groups is 2. The molecule has 0 aliphatic heterocycles. The third kappa shape index (κ3) is 24.7. The van der Waals surface area contributed by atoms with Crippen LogP contribution in [0.1, 0.15) is 36.1 Å². The number of hydrogen-bond acceptors (Lipinski definition) is 17. The Morgan fingerprint density at radius 3 is 1.16 bits per heavy atom. The third-order valence-corrected chi connectivity index (χ3v) is 7.95. The van der Waals surface area contributed by atoms with E-state index in [-0.39, 0.29) is 127 Å². The van der Waals surface area contributed by atoms with Crippen molar-refractivity contribution in [2.45, 2.75) is 26.9 Å². The number of ether oxygens (including phenoxy) is 2. The van der Waals surface area contributed by atoms with Crippen molar-refractivity contribution < 1.29 is 128 Å². The van der Waals surface area contributed by atoms with Crippen LogP contribution < -0.4 is 29.9 Å². The van der Waals surface area contributed by atoms with E-state index in [4.69, 9.17) is 50.3 Å². The fourth-order valence-corrected chi connectivity index (χ4v) is 5.29. The SMILES string of the molecule is CCO.CCO.COc1cccc(CN=Cc2c([O-])ccc3ccccc23)c1[O-].COc1cccc(CN=Cc2c([O-])ccc3ccccc23)c1[O-].O=[N+]([O-])[O-].O=[N+]([O-])[O-].[Tb+3].[Tb+3].c1ccncc1. The summed E-state index contributed by atoms with van der Waals surface area (Å²) in [5.41, 5.74) is 2.15. The molecule has 0 aliphatic carbocycles. The van der Waals surface area contributed by atoms with Crippen molar-refractivity contribution in [2.75, 3.05) is 27.4 Å². The number of para-hydroxylation sites is 2. The second-order valence-corrected chi connectivity index (χ2v) is 12.3. The zero-order valence-corrected chi connectivity index (χ0v) is 41.2. The van der Waals surface area contributed by atoms with E-state index in [1.54, 1.807) is 87.2 Å². The zero-order chi connectivity index (χ0) is 49.3. The molecule has 0 amide bonds. The van der Waals surface area contributed by atoms with Crippen molar-refractivity contribution in [3.05, 3.63) is 193 Å².